The van der Waals surface area contributed by atoms with Gasteiger partial charge in [-0.25, -0.2) is 9.97 Å². The largest absolute Gasteiger partial charge is 0.378 e. The molecule has 2 aromatic heterocycles. The number of hydrogen-bond donors (Lipinski definition) is 1. The first-order valence-corrected chi connectivity index (χ1v) is 10.8. The first-order valence-electron chi connectivity index (χ1n) is 10.8. The Hall–Kier alpha value is -2.13. The van der Waals surface area contributed by atoms with Gasteiger partial charge in [-0.3, -0.25) is 0 Å². The Morgan fingerprint density at radius 1 is 1.07 bits per heavy atom. The minimum absolute atomic E-state index is 0.0459. The summed E-state index contributed by atoms with van der Waals surface area (Å²) in [5.74, 6) is 2.33. The van der Waals surface area contributed by atoms with Crippen LogP contribution >= 0.6 is 0 Å². The summed E-state index contributed by atoms with van der Waals surface area (Å²) < 4.78 is 5.41. The summed E-state index contributed by atoms with van der Waals surface area (Å²) in [6, 6.07) is 0. The minimum atomic E-state index is 0.0459. The van der Waals surface area contributed by atoms with E-state index in [2.05, 4.69) is 35.6 Å². The number of ether oxygens (including phenoxy) is 1. The van der Waals surface area contributed by atoms with Crippen LogP contribution in [0.2, 0.25) is 0 Å². The second-order valence-corrected chi connectivity index (χ2v) is 9.54. The number of hydrogen-bond acceptors (Lipinski definition) is 8. The molecule has 5 aliphatic rings. The molecule has 1 N–H and O–H groups in total. The lowest BCUT2D eigenvalue weighted by Gasteiger charge is -2.61. The molecule has 29 heavy (non-hydrogen) atoms. The van der Waals surface area contributed by atoms with Crippen LogP contribution < -0.4 is 10.2 Å². The van der Waals surface area contributed by atoms with Crippen molar-refractivity contribution in [2.24, 2.45) is 11.8 Å². The summed E-state index contributed by atoms with van der Waals surface area (Å²) in [6.45, 7) is 4.03. The van der Waals surface area contributed by atoms with Crippen LogP contribution in [0.5, 0.6) is 0 Å². The number of nitrogens with one attached hydrogen (secondary N) is 1. The van der Waals surface area contributed by atoms with Gasteiger partial charge in [0.15, 0.2) is 6.33 Å². The number of aromatic nitrogens is 6. The van der Waals surface area contributed by atoms with Crippen LogP contribution in [0.15, 0.2) is 18.7 Å². The maximum Gasteiger partial charge on any atom is 0.225 e. The smallest absolute Gasteiger partial charge is 0.225 e. The average molecular weight is 396 g/mol. The molecule has 5 fully saturated rings. The zero-order chi connectivity index (χ0) is 19.3. The van der Waals surface area contributed by atoms with E-state index in [1.807, 2.05) is 17.2 Å². The van der Waals surface area contributed by atoms with E-state index >= 15 is 0 Å². The van der Waals surface area contributed by atoms with Crippen LogP contribution in [-0.4, -0.2) is 62.0 Å². The van der Waals surface area contributed by atoms with Gasteiger partial charge in [0.1, 0.15) is 0 Å². The maximum atomic E-state index is 5.41. The van der Waals surface area contributed by atoms with Crippen LogP contribution in [-0.2, 0) is 16.8 Å². The molecule has 9 heteroatoms. The van der Waals surface area contributed by atoms with E-state index in [0.29, 0.717) is 0 Å². The molecule has 2 atom stereocenters. The summed E-state index contributed by atoms with van der Waals surface area (Å²) in [5, 5.41) is 16.7. The molecule has 0 amide bonds. The second-order valence-electron chi connectivity index (χ2n) is 9.54. The lowest BCUT2D eigenvalue weighted by atomic mass is 9.50. The predicted octanol–water partition coefficient (Wildman–Crippen LogP) is 1.14. The van der Waals surface area contributed by atoms with Crippen molar-refractivity contribution in [1.82, 2.24) is 35.5 Å². The third-order valence-corrected chi connectivity index (χ3v) is 7.46. The number of anilines is 1. The van der Waals surface area contributed by atoms with E-state index in [-0.39, 0.29) is 11.1 Å². The van der Waals surface area contributed by atoms with Crippen molar-refractivity contribution in [2.45, 2.75) is 56.1 Å². The van der Waals surface area contributed by atoms with E-state index in [0.717, 1.165) is 62.6 Å². The van der Waals surface area contributed by atoms with Gasteiger partial charge in [-0.1, -0.05) is 0 Å². The highest BCUT2D eigenvalue weighted by Crippen LogP contribution is 2.60. The molecule has 2 unspecified atom stereocenters. The van der Waals surface area contributed by atoms with Crippen LogP contribution in [0.3, 0.4) is 0 Å². The second kappa shape index (κ2) is 6.70. The fourth-order valence-electron chi connectivity index (χ4n) is 6.69. The molecule has 4 saturated carbocycles. The average Bonchev–Trinajstić information content (AvgIpc) is 3.29. The monoisotopic (exact) mass is 396 g/mol. The maximum absolute atomic E-state index is 5.41. The summed E-state index contributed by atoms with van der Waals surface area (Å²) in [5.41, 5.74) is 1.36. The summed E-state index contributed by atoms with van der Waals surface area (Å²) >= 11 is 0. The first kappa shape index (κ1) is 17.7. The van der Waals surface area contributed by atoms with Crippen molar-refractivity contribution in [2.75, 3.05) is 31.2 Å². The van der Waals surface area contributed by atoms with Crippen molar-refractivity contribution in [3.05, 3.63) is 24.3 Å². The molecule has 7 rings (SSSR count). The fraction of sp³-hybridized carbons (Fsp3) is 0.750. The van der Waals surface area contributed by atoms with Gasteiger partial charge < -0.3 is 15.0 Å². The van der Waals surface area contributed by atoms with Gasteiger partial charge >= 0.3 is 0 Å². The highest BCUT2D eigenvalue weighted by Gasteiger charge is 2.59. The first-order chi connectivity index (χ1) is 14.2. The Balaban J connectivity index is 1.17. The highest BCUT2D eigenvalue weighted by molar-refractivity contribution is 5.30. The van der Waals surface area contributed by atoms with E-state index in [9.17, 15) is 0 Å². The molecular formula is C20H28N8O. The summed E-state index contributed by atoms with van der Waals surface area (Å²) in [7, 11) is 0. The Bertz CT molecular complexity index is 834. The molecule has 0 aromatic carbocycles. The quantitative estimate of drug-likeness (QED) is 0.804. The number of nitrogens with zero attached hydrogens (tertiary/aromatic N) is 7. The summed E-state index contributed by atoms with van der Waals surface area (Å²) in [6.07, 6.45) is 12.9. The third kappa shape index (κ3) is 3.11. The molecule has 154 valence electrons. The SMILES string of the molecule is c1nnn(C23CC4CC(CC(NCc5cnc(N6CCOCC6)nc5)(C4)C2)C3)n1. The topological polar surface area (TPSA) is 93.9 Å². The normalized spacial score (nSPS) is 35.9. The lowest BCUT2D eigenvalue weighted by molar-refractivity contribution is -0.0854. The van der Waals surface area contributed by atoms with Crippen molar-refractivity contribution in [1.29, 1.82) is 0 Å². The van der Waals surface area contributed by atoms with Crippen molar-refractivity contribution < 1.29 is 4.74 Å². The molecule has 4 aliphatic carbocycles. The van der Waals surface area contributed by atoms with E-state index < -0.39 is 0 Å². The standard InChI is InChI=1S/C20H28N8O/c1-3-29-4-2-27(1)18-21-10-17(11-22-18)12-23-19-6-15-5-16(7-19)9-20(8-15,13-19)28-25-14-24-26-28/h10-11,14-16,23H,1-9,12-13H2. The van der Waals surface area contributed by atoms with Crippen LogP contribution in [0, 0.1) is 11.8 Å². The van der Waals surface area contributed by atoms with Crippen molar-refractivity contribution in [3.63, 3.8) is 0 Å². The number of morpholine rings is 1. The van der Waals surface area contributed by atoms with E-state index in [1.165, 1.54) is 32.1 Å². The molecular weight excluding hydrogens is 368 g/mol. The van der Waals surface area contributed by atoms with Gasteiger partial charge in [-0.2, -0.15) is 4.80 Å². The molecule has 1 saturated heterocycles. The van der Waals surface area contributed by atoms with Gasteiger partial charge in [0, 0.05) is 43.1 Å². The minimum Gasteiger partial charge on any atom is -0.378 e. The zero-order valence-electron chi connectivity index (χ0n) is 16.7. The fourth-order valence-corrected chi connectivity index (χ4v) is 6.69. The predicted molar refractivity (Wildman–Crippen MR) is 105 cm³/mol. The highest BCUT2D eigenvalue weighted by atomic mass is 16.5. The van der Waals surface area contributed by atoms with E-state index in [4.69, 9.17) is 4.74 Å². The van der Waals surface area contributed by atoms with Crippen LogP contribution in [0.4, 0.5) is 5.95 Å². The Labute approximate surface area is 170 Å². The molecule has 0 radical (unpaired) electrons. The van der Waals surface area contributed by atoms with Crippen molar-refractivity contribution in [3.8, 4) is 0 Å². The Kier molecular flexibility index (Phi) is 4.09. The lowest BCUT2D eigenvalue weighted by Crippen LogP contribution is -2.65. The number of rotatable bonds is 5. The van der Waals surface area contributed by atoms with Gasteiger partial charge in [0.05, 0.1) is 18.8 Å². The molecule has 1 aliphatic heterocycles. The van der Waals surface area contributed by atoms with Gasteiger partial charge in [-0.05, 0) is 55.6 Å². The number of tetrazole rings is 1. The van der Waals surface area contributed by atoms with Crippen LogP contribution in [0.1, 0.15) is 44.1 Å². The van der Waals surface area contributed by atoms with Gasteiger partial charge in [0.25, 0.3) is 0 Å². The molecule has 3 heterocycles. The van der Waals surface area contributed by atoms with E-state index in [1.54, 1.807) is 6.33 Å². The molecule has 2 aromatic rings. The third-order valence-electron chi connectivity index (χ3n) is 7.46. The van der Waals surface area contributed by atoms with Gasteiger partial charge in [-0.15, -0.1) is 10.2 Å². The Morgan fingerprint density at radius 2 is 1.83 bits per heavy atom. The Morgan fingerprint density at radius 3 is 2.52 bits per heavy atom. The molecule has 9 nitrogen and oxygen atoms in total. The van der Waals surface area contributed by atoms with Gasteiger partial charge in [0.2, 0.25) is 5.95 Å². The zero-order valence-corrected chi connectivity index (χ0v) is 16.7. The van der Waals surface area contributed by atoms with Crippen LogP contribution in [0.25, 0.3) is 0 Å². The van der Waals surface area contributed by atoms with Crippen molar-refractivity contribution >= 4 is 5.95 Å². The summed E-state index contributed by atoms with van der Waals surface area (Å²) in [4.78, 5) is 13.3. The molecule has 4 bridgehead atoms. The molecule has 0 spiro atoms.